The molecule has 1 aliphatic carbocycles. The van der Waals surface area contributed by atoms with Gasteiger partial charge in [0.15, 0.2) is 0 Å². The molecule has 5 aromatic carbocycles. The van der Waals surface area contributed by atoms with Crippen LogP contribution < -0.4 is 5.73 Å². The van der Waals surface area contributed by atoms with Crippen molar-refractivity contribution in [1.29, 1.82) is 5.41 Å². The first-order chi connectivity index (χ1) is 18.4. The largest absolute Gasteiger partial charge is 0.401 e. The molecule has 0 spiro atoms. The molecule has 3 nitrogen and oxygen atoms in total. The van der Waals surface area contributed by atoms with Gasteiger partial charge >= 0.3 is 0 Å². The zero-order valence-corrected chi connectivity index (χ0v) is 22.0. The molecule has 0 bridgehead atoms. The summed E-state index contributed by atoms with van der Waals surface area (Å²) in [5, 5.41) is 16.1. The van der Waals surface area contributed by atoms with Crippen LogP contribution in [0.15, 0.2) is 127 Å². The number of benzene rings is 5. The van der Waals surface area contributed by atoms with E-state index in [1.165, 1.54) is 32.6 Å². The Hall–Kier alpha value is -4.63. The third-order valence-electron chi connectivity index (χ3n) is 7.78. The second-order valence-corrected chi connectivity index (χ2v) is 10.5. The molecule has 7 rings (SSSR count). The summed E-state index contributed by atoms with van der Waals surface area (Å²) in [4.78, 5) is 0. The van der Waals surface area contributed by atoms with Crippen LogP contribution >= 0.6 is 0 Å². The number of nitrogens with two attached hydrogens (primary N) is 1. The van der Waals surface area contributed by atoms with Crippen molar-refractivity contribution in [3.8, 4) is 0 Å². The summed E-state index contributed by atoms with van der Waals surface area (Å²) >= 11 is 0. The van der Waals surface area contributed by atoms with Gasteiger partial charge in [-0.15, -0.1) is 0 Å². The van der Waals surface area contributed by atoms with Gasteiger partial charge in [-0.1, -0.05) is 117 Å². The quantitative estimate of drug-likeness (QED) is 0.233. The van der Waals surface area contributed by atoms with Gasteiger partial charge in [-0.05, 0) is 33.7 Å². The number of allylic oxidation sites excluding steroid dienone is 3. The topological polar surface area (TPSA) is 54.8 Å². The highest BCUT2D eigenvalue weighted by Gasteiger charge is 2.27. The van der Waals surface area contributed by atoms with Crippen molar-refractivity contribution < 1.29 is 0 Å². The average Bonchev–Trinajstić information content (AvgIpc) is 3.40. The number of hydrogen-bond donors (Lipinski definition) is 2. The number of hydrogen-bond acceptors (Lipinski definition) is 2. The maximum Gasteiger partial charge on any atom is 0.0708 e. The first kappa shape index (κ1) is 23.7. The zero-order valence-electron chi connectivity index (χ0n) is 22.0. The molecule has 0 radical (unpaired) electrons. The van der Waals surface area contributed by atoms with Crippen LogP contribution in [-0.4, -0.2) is 10.3 Å². The summed E-state index contributed by atoms with van der Waals surface area (Å²) in [5.74, 6) is 0. The van der Waals surface area contributed by atoms with Gasteiger partial charge in [-0.2, -0.15) is 0 Å². The van der Waals surface area contributed by atoms with Crippen LogP contribution in [-0.2, 0) is 7.05 Å². The van der Waals surface area contributed by atoms with Crippen molar-refractivity contribution in [3.63, 3.8) is 0 Å². The van der Waals surface area contributed by atoms with Crippen LogP contribution in [0.3, 0.4) is 0 Å². The maximum absolute atomic E-state index is 8.53. The Bertz CT molecular complexity index is 1930. The average molecular weight is 494 g/mol. The van der Waals surface area contributed by atoms with Crippen molar-refractivity contribution in [2.45, 2.75) is 13.8 Å². The normalized spacial score (nSPS) is 14.4. The van der Waals surface area contributed by atoms with Gasteiger partial charge in [0.25, 0.3) is 0 Å². The Morgan fingerprint density at radius 3 is 2.00 bits per heavy atom. The van der Waals surface area contributed by atoms with E-state index in [1.54, 1.807) is 0 Å². The van der Waals surface area contributed by atoms with E-state index in [2.05, 4.69) is 110 Å². The second kappa shape index (κ2) is 9.04. The molecule has 0 saturated carbocycles. The number of rotatable bonds is 2. The lowest BCUT2D eigenvalue weighted by Crippen LogP contribution is -2.19. The van der Waals surface area contributed by atoms with Gasteiger partial charge in [-0.3, -0.25) is 5.41 Å². The highest BCUT2D eigenvalue weighted by atomic mass is 14.9. The molecule has 38 heavy (non-hydrogen) atoms. The molecule has 186 valence electrons. The van der Waals surface area contributed by atoms with E-state index in [9.17, 15) is 0 Å². The number of nitrogens with one attached hydrogen (secondary N) is 1. The lowest BCUT2D eigenvalue weighted by atomic mass is 9.90. The highest BCUT2D eigenvalue weighted by Crippen LogP contribution is 2.36. The fourth-order valence-corrected chi connectivity index (χ4v) is 5.55. The van der Waals surface area contributed by atoms with E-state index in [1.807, 2.05) is 30.3 Å². The smallest absolute Gasteiger partial charge is 0.0708 e. The van der Waals surface area contributed by atoms with E-state index >= 15 is 0 Å². The van der Waals surface area contributed by atoms with E-state index < -0.39 is 0 Å². The third-order valence-corrected chi connectivity index (χ3v) is 7.78. The number of aryl methyl sites for hydroxylation is 1. The number of aromatic nitrogens is 1. The highest BCUT2D eigenvalue weighted by molar-refractivity contribution is 6.21. The summed E-state index contributed by atoms with van der Waals surface area (Å²) in [7, 11) is 2.14. The third kappa shape index (κ3) is 3.79. The fraction of sp³-hybridized carbons (Fsp3) is 0.114. The van der Waals surface area contributed by atoms with Crippen molar-refractivity contribution in [2.75, 3.05) is 0 Å². The first-order valence-corrected chi connectivity index (χ1v) is 13.0. The predicted molar refractivity (Wildman–Crippen MR) is 163 cm³/mol. The summed E-state index contributed by atoms with van der Waals surface area (Å²) in [6, 6.07) is 35.8. The molecule has 6 aromatic rings. The number of nitrogens with zero attached hydrogens (tertiary/aromatic N) is 1. The van der Waals surface area contributed by atoms with Crippen molar-refractivity contribution in [3.05, 3.63) is 132 Å². The van der Waals surface area contributed by atoms with Crippen molar-refractivity contribution >= 4 is 49.1 Å². The second-order valence-electron chi connectivity index (χ2n) is 10.5. The summed E-state index contributed by atoms with van der Waals surface area (Å²) in [6.07, 6.45) is 4.04. The summed E-state index contributed by atoms with van der Waals surface area (Å²) < 4.78 is 2.27. The number of fused-ring (bicyclic) bond motifs is 6. The molecule has 3 heteroatoms. The Labute approximate surface area is 223 Å². The minimum Gasteiger partial charge on any atom is -0.401 e. The van der Waals surface area contributed by atoms with Gasteiger partial charge in [0.1, 0.15) is 0 Å². The fourth-order valence-electron chi connectivity index (χ4n) is 5.55. The SMILES string of the molecule is CC1(C)C=CC(C(=N)c2cccc3ccccc23)=C1N.Cn1c2ccccc2c2c3ccccc3ccc21. The summed E-state index contributed by atoms with van der Waals surface area (Å²) in [6.45, 7) is 4.14. The molecular weight excluding hydrogens is 462 g/mol. The van der Waals surface area contributed by atoms with Crippen molar-refractivity contribution in [2.24, 2.45) is 18.2 Å². The Morgan fingerprint density at radius 2 is 1.29 bits per heavy atom. The van der Waals surface area contributed by atoms with E-state index in [4.69, 9.17) is 11.1 Å². The zero-order chi connectivity index (χ0) is 26.4. The molecular formula is C35H31N3. The van der Waals surface area contributed by atoms with E-state index in [0.29, 0.717) is 5.71 Å². The Kier molecular flexibility index (Phi) is 5.65. The van der Waals surface area contributed by atoms with Crippen LogP contribution in [0.1, 0.15) is 19.4 Å². The Morgan fingerprint density at radius 1 is 0.684 bits per heavy atom. The molecule has 0 unspecified atom stereocenters. The van der Waals surface area contributed by atoms with Crippen molar-refractivity contribution in [1.82, 2.24) is 4.57 Å². The minimum atomic E-state index is -0.160. The molecule has 0 atom stereocenters. The molecule has 1 aromatic heterocycles. The van der Waals surface area contributed by atoms with Gasteiger partial charge in [0, 0.05) is 51.1 Å². The van der Waals surface area contributed by atoms with Gasteiger partial charge in [0.2, 0.25) is 0 Å². The molecule has 0 amide bonds. The predicted octanol–water partition coefficient (Wildman–Crippen LogP) is 8.50. The molecule has 0 aliphatic heterocycles. The van der Waals surface area contributed by atoms with Crippen LogP contribution in [0.4, 0.5) is 0 Å². The van der Waals surface area contributed by atoms with E-state index in [0.717, 1.165) is 27.6 Å². The lowest BCUT2D eigenvalue weighted by Gasteiger charge is -2.18. The Balaban J connectivity index is 0.000000140. The molecule has 1 heterocycles. The first-order valence-electron chi connectivity index (χ1n) is 13.0. The molecule has 1 aliphatic rings. The molecule has 0 saturated heterocycles. The van der Waals surface area contributed by atoms with Crippen LogP contribution in [0.5, 0.6) is 0 Å². The van der Waals surface area contributed by atoms with Crippen LogP contribution in [0.25, 0.3) is 43.4 Å². The molecule has 0 fully saturated rings. The van der Waals surface area contributed by atoms with Crippen LogP contribution in [0, 0.1) is 10.8 Å². The van der Waals surface area contributed by atoms with Gasteiger partial charge in [-0.25, -0.2) is 0 Å². The van der Waals surface area contributed by atoms with Crippen LogP contribution in [0.2, 0.25) is 0 Å². The molecule has 3 N–H and O–H groups in total. The monoisotopic (exact) mass is 493 g/mol. The van der Waals surface area contributed by atoms with E-state index in [-0.39, 0.29) is 5.41 Å². The maximum atomic E-state index is 8.53. The lowest BCUT2D eigenvalue weighted by molar-refractivity contribution is 0.582. The summed E-state index contributed by atoms with van der Waals surface area (Å²) in [5.41, 5.74) is 11.7. The number of para-hydroxylation sites is 1. The van der Waals surface area contributed by atoms with Gasteiger partial charge in [0.05, 0.1) is 5.71 Å². The minimum absolute atomic E-state index is 0.160. The standard InChI is InChI=1S/C18H18N2.C17H13N/c1-18(2)11-10-15(17(18)20)16(19)14-9-5-7-12-6-3-4-8-13(12)14;1-18-15-9-5-4-8-14(15)17-13-7-3-2-6-12(13)10-11-16(17)18/h3-11,19H,20H2,1-2H3;2-11H,1H3. The van der Waals surface area contributed by atoms with Gasteiger partial charge < -0.3 is 10.3 Å².